The zero-order valence-corrected chi connectivity index (χ0v) is 7.33. The Morgan fingerprint density at radius 2 is 2.17 bits per heavy atom. The van der Waals surface area contributed by atoms with Gasteiger partial charge in [-0.3, -0.25) is 4.79 Å². The monoisotopic (exact) mass is 171 g/mol. The lowest BCUT2D eigenvalue weighted by molar-refractivity contribution is -0.109. The summed E-state index contributed by atoms with van der Waals surface area (Å²) >= 11 is 0. The van der Waals surface area contributed by atoms with Gasteiger partial charge in [0, 0.05) is 13.2 Å². The molecule has 12 heavy (non-hydrogen) atoms. The number of hydrogen-bond donors (Lipinski definition) is 2. The van der Waals surface area contributed by atoms with Crippen LogP contribution in [-0.2, 0) is 4.79 Å². The predicted molar refractivity (Wildman–Crippen MR) is 46.6 cm³/mol. The van der Waals surface area contributed by atoms with Crippen molar-refractivity contribution in [2.24, 2.45) is 11.8 Å². The Morgan fingerprint density at radius 3 is 2.83 bits per heavy atom. The second kappa shape index (κ2) is 5.14. The van der Waals surface area contributed by atoms with Crippen molar-refractivity contribution >= 4 is 6.41 Å². The van der Waals surface area contributed by atoms with Crippen molar-refractivity contribution in [1.29, 1.82) is 0 Å². The minimum Gasteiger partial charge on any atom is -0.396 e. The van der Waals surface area contributed by atoms with Crippen LogP contribution in [-0.4, -0.2) is 24.7 Å². The van der Waals surface area contributed by atoms with E-state index in [4.69, 9.17) is 5.11 Å². The number of aliphatic hydroxyl groups excluding tert-OH is 1. The minimum atomic E-state index is 0.303. The van der Waals surface area contributed by atoms with Gasteiger partial charge in [0.05, 0.1) is 0 Å². The van der Waals surface area contributed by atoms with E-state index in [-0.39, 0.29) is 0 Å². The van der Waals surface area contributed by atoms with E-state index in [1.54, 1.807) is 0 Å². The van der Waals surface area contributed by atoms with Crippen LogP contribution in [0.25, 0.3) is 0 Å². The number of carbonyl (C=O) groups is 1. The summed E-state index contributed by atoms with van der Waals surface area (Å²) in [5.74, 6) is 1.05. The van der Waals surface area contributed by atoms with Crippen molar-refractivity contribution in [3.8, 4) is 0 Å². The number of hydrogen-bond acceptors (Lipinski definition) is 2. The Balaban J connectivity index is 2.20. The highest BCUT2D eigenvalue weighted by molar-refractivity contribution is 5.45. The molecule has 0 heterocycles. The fourth-order valence-electron chi connectivity index (χ4n) is 1.97. The zero-order valence-electron chi connectivity index (χ0n) is 7.33. The smallest absolute Gasteiger partial charge is 0.207 e. The normalized spacial score (nSPS) is 29.8. The number of carbonyl (C=O) groups excluding carboxylic acids is 1. The first-order chi connectivity index (χ1) is 5.86. The average molecular weight is 171 g/mol. The molecule has 1 aliphatic carbocycles. The lowest BCUT2D eigenvalue weighted by atomic mass is 9.82. The van der Waals surface area contributed by atoms with Crippen LogP contribution in [0.5, 0.6) is 0 Å². The predicted octanol–water partition coefficient (Wildman–Crippen LogP) is 0.531. The summed E-state index contributed by atoms with van der Waals surface area (Å²) in [6.45, 7) is 1.08. The van der Waals surface area contributed by atoms with E-state index in [1.165, 1.54) is 12.8 Å². The highest BCUT2D eigenvalue weighted by Crippen LogP contribution is 2.27. The van der Waals surface area contributed by atoms with Gasteiger partial charge in [0.15, 0.2) is 0 Å². The van der Waals surface area contributed by atoms with E-state index >= 15 is 0 Å². The molecule has 2 N–H and O–H groups in total. The highest BCUT2D eigenvalue weighted by atomic mass is 16.3. The van der Waals surface area contributed by atoms with Gasteiger partial charge in [0.25, 0.3) is 0 Å². The average Bonchev–Trinajstić information content (AvgIpc) is 2.15. The van der Waals surface area contributed by atoms with Crippen molar-refractivity contribution in [2.45, 2.75) is 25.7 Å². The van der Waals surface area contributed by atoms with Gasteiger partial charge in [-0.1, -0.05) is 6.42 Å². The van der Waals surface area contributed by atoms with Gasteiger partial charge in [-0.15, -0.1) is 0 Å². The summed E-state index contributed by atoms with van der Waals surface area (Å²) in [4.78, 5) is 10.0. The number of nitrogens with one attached hydrogen (secondary N) is 1. The largest absolute Gasteiger partial charge is 0.396 e. The van der Waals surface area contributed by atoms with Gasteiger partial charge in [0.1, 0.15) is 0 Å². The molecular weight excluding hydrogens is 154 g/mol. The maximum absolute atomic E-state index is 10.0. The molecule has 3 nitrogen and oxygen atoms in total. The molecule has 1 aliphatic rings. The van der Waals surface area contributed by atoms with Gasteiger partial charge in [-0.25, -0.2) is 0 Å². The van der Waals surface area contributed by atoms with Crippen molar-refractivity contribution in [3.63, 3.8) is 0 Å². The summed E-state index contributed by atoms with van der Waals surface area (Å²) in [5.41, 5.74) is 0. The number of amides is 1. The van der Waals surface area contributed by atoms with Crippen LogP contribution < -0.4 is 5.32 Å². The summed E-state index contributed by atoms with van der Waals surface area (Å²) in [5, 5.41) is 11.6. The summed E-state index contributed by atoms with van der Waals surface area (Å²) in [6, 6.07) is 0. The first kappa shape index (κ1) is 9.52. The van der Waals surface area contributed by atoms with Crippen molar-refractivity contribution in [1.82, 2.24) is 5.32 Å². The van der Waals surface area contributed by atoms with Crippen molar-refractivity contribution < 1.29 is 9.90 Å². The molecule has 0 saturated heterocycles. The third-order valence-electron chi connectivity index (χ3n) is 2.64. The van der Waals surface area contributed by atoms with Crippen LogP contribution in [0.15, 0.2) is 0 Å². The van der Waals surface area contributed by atoms with Crippen LogP contribution in [0.2, 0.25) is 0 Å². The molecule has 2 unspecified atom stereocenters. The lowest BCUT2D eigenvalue weighted by Gasteiger charge is -2.27. The molecule has 0 bridgehead atoms. The Bertz CT molecular complexity index is 138. The molecule has 0 aromatic rings. The van der Waals surface area contributed by atoms with Gasteiger partial charge >= 0.3 is 0 Å². The zero-order chi connectivity index (χ0) is 8.81. The molecule has 0 radical (unpaired) electrons. The van der Waals surface area contributed by atoms with E-state index < -0.39 is 0 Å². The molecule has 70 valence electrons. The van der Waals surface area contributed by atoms with Crippen LogP contribution in [0.1, 0.15) is 25.7 Å². The Labute approximate surface area is 73.2 Å². The third kappa shape index (κ3) is 2.81. The molecule has 1 saturated carbocycles. The first-order valence-electron chi connectivity index (χ1n) is 4.64. The second-order valence-corrected chi connectivity index (χ2v) is 3.61. The standard InChI is InChI=1S/C9H17NO2/c11-6-9-3-1-2-8(4-9)5-10-7-12/h7-9,11H,1-6H2,(H,10,12). The maximum atomic E-state index is 10.0. The van der Waals surface area contributed by atoms with Crippen LogP contribution in [0, 0.1) is 11.8 Å². The Morgan fingerprint density at radius 1 is 1.42 bits per heavy atom. The fourth-order valence-corrected chi connectivity index (χ4v) is 1.97. The molecule has 1 amide bonds. The first-order valence-corrected chi connectivity index (χ1v) is 4.64. The maximum Gasteiger partial charge on any atom is 0.207 e. The number of rotatable bonds is 4. The van der Waals surface area contributed by atoms with Crippen molar-refractivity contribution in [3.05, 3.63) is 0 Å². The van der Waals surface area contributed by atoms with Gasteiger partial charge in [0.2, 0.25) is 6.41 Å². The lowest BCUT2D eigenvalue weighted by Crippen LogP contribution is -2.27. The topological polar surface area (TPSA) is 49.3 Å². The Kier molecular flexibility index (Phi) is 4.08. The fraction of sp³-hybridized carbons (Fsp3) is 0.889. The van der Waals surface area contributed by atoms with Gasteiger partial charge < -0.3 is 10.4 Å². The van der Waals surface area contributed by atoms with E-state index in [0.29, 0.717) is 18.4 Å². The van der Waals surface area contributed by atoms with Crippen LogP contribution in [0.4, 0.5) is 0 Å². The molecule has 2 atom stereocenters. The van der Waals surface area contributed by atoms with Crippen LogP contribution >= 0.6 is 0 Å². The van der Waals surface area contributed by atoms with Crippen molar-refractivity contribution in [2.75, 3.05) is 13.2 Å². The molecule has 0 spiro atoms. The third-order valence-corrected chi connectivity index (χ3v) is 2.64. The van der Waals surface area contributed by atoms with E-state index in [2.05, 4.69) is 5.32 Å². The molecule has 0 aromatic heterocycles. The van der Waals surface area contributed by atoms with E-state index in [9.17, 15) is 4.79 Å². The highest BCUT2D eigenvalue weighted by Gasteiger charge is 2.20. The second-order valence-electron chi connectivity index (χ2n) is 3.61. The molecular formula is C9H17NO2. The molecule has 1 rings (SSSR count). The number of aliphatic hydroxyl groups is 1. The SMILES string of the molecule is O=CNCC1CCCC(CO)C1. The van der Waals surface area contributed by atoms with E-state index in [1.807, 2.05) is 0 Å². The summed E-state index contributed by atoms with van der Waals surface area (Å²) in [6.07, 6.45) is 5.35. The van der Waals surface area contributed by atoms with Gasteiger partial charge in [-0.05, 0) is 31.1 Å². The molecule has 0 aromatic carbocycles. The quantitative estimate of drug-likeness (QED) is 0.606. The molecule has 3 heteroatoms. The van der Waals surface area contributed by atoms with E-state index in [0.717, 1.165) is 25.8 Å². The summed E-state index contributed by atoms with van der Waals surface area (Å²) < 4.78 is 0. The van der Waals surface area contributed by atoms with Gasteiger partial charge in [-0.2, -0.15) is 0 Å². The van der Waals surface area contributed by atoms with Crippen LogP contribution in [0.3, 0.4) is 0 Å². The molecule has 1 fully saturated rings. The minimum absolute atomic E-state index is 0.303. The molecule has 0 aliphatic heterocycles. The Hall–Kier alpha value is -0.570. The summed E-state index contributed by atoms with van der Waals surface area (Å²) in [7, 11) is 0.